The molecule has 0 saturated carbocycles. The third-order valence-corrected chi connectivity index (χ3v) is 4.64. The van der Waals surface area contributed by atoms with Crippen molar-refractivity contribution < 1.29 is 4.79 Å². The van der Waals surface area contributed by atoms with Gasteiger partial charge in [-0.15, -0.1) is 0 Å². The number of hydrogen-bond acceptors (Lipinski definition) is 4. The fourth-order valence-corrected chi connectivity index (χ4v) is 3.05. The SMILES string of the molecule is Cn1cnc(C(=O)N2CC(n3nc(-c4ccc(Cl)cc4)ccc3=O)C2)c1. The number of benzene rings is 1. The summed E-state index contributed by atoms with van der Waals surface area (Å²) < 4.78 is 3.18. The maximum absolute atomic E-state index is 12.4. The Morgan fingerprint density at radius 2 is 1.88 bits per heavy atom. The highest BCUT2D eigenvalue weighted by atomic mass is 35.5. The van der Waals surface area contributed by atoms with Crippen molar-refractivity contribution in [2.24, 2.45) is 7.05 Å². The zero-order valence-electron chi connectivity index (χ0n) is 14.0. The lowest BCUT2D eigenvalue weighted by atomic mass is 10.1. The van der Waals surface area contributed by atoms with Crippen molar-refractivity contribution in [2.75, 3.05) is 13.1 Å². The van der Waals surface area contributed by atoms with E-state index in [1.165, 1.54) is 10.7 Å². The molecule has 0 radical (unpaired) electrons. The van der Waals surface area contributed by atoms with E-state index >= 15 is 0 Å². The van der Waals surface area contributed by atoms with Gasteiger partial charge in [-0.05, 0) is 18.2 Å². The van der Waals surface area contributed by atoms with E-state index in [4.69, 9.17) is 11.6 Å². The summed E-state index contributed by atoms with van der Waals surface area (Å²) >= 11 is 5.92. The van der Waals surface area contributed by atoms with Crippen LogP contribution >= 0.6 is 11.6 Å². The first-order valence-electron chi connectivity index (χ1n) is 8.14. The molecule has 2 aromatic heterocycles. The molecule has 1 saturated heterocycles. The molecular formula is C18H16ClN5O2. The number of carbonyl (C=O) groups is 1. The van der Waals surface area contributed by atoms with E-state index in [-0.39, 0.29) is 17.5 Å². The van der Waals surface area contributed by atoms with Crippen LogP contribution in [0.1, 0.15) is 16.5 Å². The van der Waals surface area contributed by atoms with Crippen LogP contribution in [0, 0.1) is 0 Å². The average molecular weight is 370 g/mol. The lowest BCUT2D eigenvalue weighted by molar-refractivity contribution is 0.0488. The van der Waals surface area contributed by atoms with Crippen LogP contribution in [0.2, 0.25) is 5.02 Å². The number of nitrogens with zero attached hydrogens (tertiary/aromatic N) is 5. The molecule has 132 valence electrons. The second-order valence-electron chi connectivity index (χ2n) is 6.30. The summed E-state index contributed by atoms with van der Waals surface area (Å²) in [5.41, 5.74) is 1.79. The Labute approximate surface area is 154 Å². The van der Waals surface area contributed by atoms with Gasteiger partial charge in [0.05, 0.1) is 18.1 Å². The quantitative estimate of drug-likeness (QED) is 0.707. The number of carbonyl (C=O) groups excluding carboxylic acids is 1. The molecule has 1 aliphatic heterocycles. The monoisotopic (exact) mass is 369 g/mol. The molecular weight excluding hydrogens is 354 g/mol. The van der Waals surface area contributed by atoms with Crippen LogP contribution in [0.15, 0.2) is 53.7 Å². The van der Waals surface area contributed by atoms with E-state index in [0.717, 1.165) is 5.56 Å². The number of imidazole rings is 1. The highest BCUT2D eigenvalue weighted by Crippen LogP contribution is 2.23. The summed E-state index contributed by atoms with van der Waals surface area (Å²) in [6.07, 6.45) is 3.27. The highest BCUT2D eigenvalue weighted by molar-refractivity contribution is 6.30. The summed E-state index contributed by atoms with van der Waals surface area (Å²) in [6, 6.07) is 10.3. The first-order valence-corrected chi connectivity index (χ1v) is 8.52. The predicted octanol–water partition coefficient (Wildman–Crippen LogP) is 1.99. The minimum Gasteiger partial charge on any atom is -0.340 e. The Bertz CT molecular complexity index is 1020. The van der Waals surface area contributed by atoms with Crippen molar-refractivity contribution >= 4 is 17.5 Å². The summed E-state index contributed by atoms with van der Waals surface area (Å²) in [4.78, 5) is 30.3. The van der Waals surface area contributed by atoms with Crippen LogP contribution in [-0.4, -0.2) is 43.2 Å². The van der Waals surface area contributed by atoms with Gasteiger partial charge in [0.15, 0.2) is 0 Å². The molecule has 1 aromatic carbocycles. The van der Waals surface area contributed by atoms with E-state index < -0.39 is 0 Å². The van der Waals surface area contributed by atoms with Crippen molar-refractivity contribution in [1.82, 2.24) is 24.2 Å². The summed E-state index contributed by atoms with van der Waals surface area (Å²) in [7, 11) is 1.81. The molecule has 3 aromatic rings. The topological polar surface area (TPSA) is 73.0 Å². The molecule has 0 unspecified atom stereocenters. The molecule has 0 aliphatic carbocycles. The molecule has 1 amide bonds. The van der Waals surface area contributed by atoms with Crippen molar-refractivity contribution in [3.8, 4) is 11.3 Å². The zero-order valence-corrected chi connectivity index (χ0v) is 14.8. The second kappa shape index (κ2) is 6.42. The molecule has 1 fully saturated rings. The van der Waals surface area contributed by atoms with Gasteiger partial charge in [0.25, 0.3) is 11.5 Å². The van der Waals surface area contributed by atoms with Crippen LogP contribution in [0.25, 0.3) is 11.3 Å². The smallest absolute Gasteiger partial charge is 0.274 e. The molecule has 0 atom stereocenters. The number of likely N-dealkylation sites (tertiary alicyclic amines) is 1. The summed E-state index contributed by atoms with van der Waals surface area (Å²) in [5, 5.41) is 5.11. The van der Waals surface area contributed by atoms with Gasteiger partial charge in [0.1, 0.15) is 5.69 Å². The molecule has 0 N–H and O–H groups in total. The molecule has 8 heteroatoms. The Balaban J connectivity index is 1.52. The average Bonchev–Trinajstić information content (AvgIpc) is 3.02. The largest absolute Gasteiger partial charge is 0.340 e. The van der Waals surface area contributed by atoms with E-state index in [1.54, 1.807) is 40.2 Å². The van der Waals surface area contributed by atoms with Crippen LogP contribution < -0.4 is 5.56 Å². The third kappa shape index (κ3) is 3.01. The van der Waals surface area contributed by atoms with Gasteiger partial charge in [-0.2, -0.15) is 5.10 Å². The molecule has 1 aliphatic rings. The standard InChI is InChI=1S/C18H16ClN5O2/c1-22-10-16(20-11-22)18(26)23-8-14(9-23)24-17(25)7-6-15(21-24)12-2-4-13(19)5-3-12/h2-7,10-11,14H,8-9H2,1H3. The molecule has 3 heterocycles. The molecule has 7 nitrogen and oxygen atoms in total. The zero-order chi connectivity index (χ0) is 18.3. The highest BCUT2D eigenvalue weighted by Gasteiger charge is 2.34. The van der Waals surface area contributed by atoms with E-state index in [1.807, 2.05) is 19.2 Å². The number of rotatable bonds is 3. The predicted molar refractivity (Wildman–Crippen MR) is 97.1 cm³/mol. The first kappa shape index (κ1) is 16.5. The van der Waals surface area contributed by atoms with Gasteiger partial charge < -0.3 is 9.47 Å². The van der Waals surface area contributed by atoms with Gasteiger partial charge in [-0.3, -0.25) is 9.59 Å². The van der Waals surface area contributed by atoms with Gasteiger partial charge in [-0.25, -0.2) is 9.67 Å². The molecule has 0 bridgehead atoms. The Morgan fingerprint density at radius 1 is 1.15 bits per heavy atom. The molecule has 4 rings (SSSR count). The number of halogens is 1. The molecule has 26 heavy (non-hydrogen) atoms. The second-order valence-corrected chi connectivity index (χ2v) is 6.73. The van der Waals surface area contributed by atoms with Gasteiger partial charge in [-0.1, -0.05) is 23.7 Å². The number of aromatic nitrogens is 4. The first-order chi connectivity index (χ1) is 12.5. The number of aryl methyl sites for hydroxylation is 1. The summed E-state index contributed by atoms with van der Waals surface area (Å²) in [6.45, 7) is 0.874. The van der Waals surface area contributed by atoms with Crippen LogP contribution in [0.3, 0.4) is 0 Å². The van der Waals surface area contributed by atoms with Crippen LogP contribution in [0.5, 0.6) is 0 Å². The van der Waals surface area contributed by atoms with Crippen molar-refractivity contribution in [2.45, 2.75) is 6.04 Å². The Hall–Kier alpha value is -2.93. The lowest BCUT2D eigenvalue weighted by Gasteiger charge is -2.38. The minimum absolute atomic E-state index is 0.135. The fraction of sp³-hybridized carbons (Fsp3) is 0.222. The van der Waals surface area contributed by atoms with Crippen LogP contribution in [0.4, 0.5) is 0 Å². The van der Waals surface area contributed by atoms with Gasteiger partial charge in [0.2, 0.25) is 0 Å². The maximum Gasteiger partial charge on any atom is 0.274 e. The maximum atomic E-state index is 12.4. The number of amides is 1. The Morgan fingerprint density at radius 3 is 2.54 bits per heavy atom. The lowest BCUT2D eigenvalue weighted by Crippen LogP contribution is -2.53. The van der Waals surface area contributed by atoms with Crippen molar-refractivity contribution in [3.05, 3.63) is 70.0 Å². The van der Waals surface area contributed by atoms with Crippen LogP contribution in [-0.2, 0) is 7.05 Å². The van der Waals surface area contributed by atoms with E-state index in [2.05, 4.69) is 10.1 Å². The minimum atomic E-state index is -0.183. The van der Waals surface area contributed by atoms with Gasteiger partial charge >= 0.3 is 0 Å². The molecule has 0 spiro atoms. The third-order valence-electron chi connectivity index (χ3n) is 4.38. The van der Waals surface area contributed by atoms with Crippen molar-refractivity contribution in [3.63, 3.8) is 0 Å². The normalized spacial score (nSPS) is 14.3. The van der Waals surface area contributed by atoms with Crippen molar-refractivity contribution in [1.29, 1.82) is 0 Å². The van der Waals surface area contributed by atoms with E-state index in [0.29, 0.717) is 29.5 Å². The van der Waals surface area contributed by atoms with Gasteiger partial charge in [0, 0.05) is 43.0 Å². The fourth-order valence-electron chi connectivity index (χ4n) is 2.92. The Kier molecular flexibility index (Phi) is 4.08. The summed E-state index contributed by atoms with van der Waals surface area (Å²) in [5.74, 6) is -0.135. The van der Waals surface area contributed by atoms with E-state index in [9.17, 15) is 9.59 Å². The number of hydrogen-bond donors (Lipinski definition) is 0.